The summed E-state index contributed by atoms with van der Waals surface area (Å²) in [5.74, 6) is 1.12. The lowest BCUT2D eigenvalue weighted by molar-refractivity contribution is 0.269. The van der Waals surface area contributed by atoms with E-state index in [4.69, 9.17) is 4.74 Å². The monoisotopic (exact) mass is 576 g/mol. The maximum absolute atomic E-state index is 6.77. The molecule has 0 N–H and O–H groups in total. The van der Waals surface area contributed by atoms with Crippen LogP contribution in [0.3, 0.4) is 0 Å². The first-order valence-corrected chi connectivity index (χ1v) is 15.6. The molecule has 0 saturated carbocycles. The van der Waals surface area contributed by atoms with E-state index in [2.05, 4.69) is 167 Å². The van der Waals surface area contributed by atoms with Gasteiger partial charge in [0.1, 0.15) is 11.9 Å². The van der Waals surface area contributed by atoms with Gasteiger partial charge in [0.15, 0.2) is 0 Å². The number of benzene rings is 6. The van der Waals surface area contributed by atoms with E-state index in [1.54, 1.807) is 0 Å². The molecule has 45 heavy (non-hydrogen) atoms. The molecule has 212 valence electrons. The van der Waals surface area contributed by atoms with Gasteiger partial charge in [-0.1, -0.05) is 109 Å². The Morgan fingerprint density at radius 1 is 0.511 bits per heavy atom. The van der Waals surface area contributed by atoms with Crippen LogP contribution in [0.5, 0.6) is 5.75 Å². The highest BCUT2D eigenvalue weighted by Gasteiger charge is 2.35. The second kappa shape index (κ2) is 9.35. The van der Waals surface area contributed by atoms with E-state index < -0.39 is 0 Å². The van der Waals surface area contributed by atoms with E-state index >= 15 is 0 Å². The summed E-state index contributed by atoms with van der Waals surface area (Å²) >= 11 is 0. The Labute approximate surface area is 260 Å². The zero-order chi connectivity index (χ0) is 29.5. The summed E-state index contributed by atoms with van der Waals surface area (Å²) in [5, 5.41) is 5.06. The molecule has 0 spiro atoms. The second-order valence-corrected chi connectivity index (χ2v) is 12.1. The summed E-state index contributed by atoms with van der Waals surface area (Å²) in [7, 11) is 0. The number of nitrogens with zero attached hydrogens (tertiary/aromatic N) is 2. The van der Waals surface area contributed by atoms with Gasteiger partial charge in [0.25, 0.3) is 0 Å². The SMILES string of the molecule is C1=CC2Oc3c(cccc3-n3c4ccccc4c4ccccc43)C2C=C1c1cccc(-n2c3ccccc3c3ccccc32)c1. The third kappa shape index (κ3) is 3.52. The molecule has 2 atom stereocenters. The molecule has 1 aliphatic carbocycles. The minimum atomic E-state index is -0.0292. The molecule has 0 fully saturated rings. The van der Waals surface area contributed by atoms with E-state index in [0.717, 1.165) is 17.1 Å². The summed E-state index contributed by atoms with van der Waals surface area (Å²) in [6.45, 7) is 0. The topological polar surface area (TPSA) is 19.1 Å². The van der Waals surface area contributed by atoms with E-state index in [1.807, 2.05) is 0 Å². The van der Waals surface area contributed by atoms with Crippen molar-refractivity contribution in [1.29, 1.82) is 0 Å². The number of hydrogen-bond acceptors (Lipinski definition) is 1. The van der Waals surface area contributed by atoms with Gasteiger partial charge in [-0.25, -0.2) is 0 Å². The summed E-state index contributed by atoms with van der Waals surface area (Å²) in [5.41, 5.74) is 10.8. The number of rotatable bonds is 3. The maximum atomic E-state index is 6.77. The third-order valence-corrected chi connectivity index (χ3v) is 9.66. The molecular weight excluding hydrogens is 548 g/mol. The standard InChI is InChI=1S/C42H28N2O/c1-5-18-36-30(13-1)31-14-2-6-19-37(31)43(36)29-12-9-11-27(25-29)28-23-24-41-35(26-28)34-17-10-22-40(42(34)45-41)44-38-20-7-3-15-32(38)33-16-4-8-21-39(33)44/h1-26,35,41H. The first kappa shape index (κ1) is 24.6. The van der Waals surface area contributed by atoms with Gasteiger partial charge in [-0.15, -0.1) is 0 Å². The van der Waals surface area contributed by atoms with Gasteiger partial charge in [0.2, 0.25) is 0 Å². The maximum Gasteiger partial charge on any atom is 0.148 e. The van der Waals surface area contributed by atoms with E-state index in [0.29, 0.717) is 0 Å². The Balaban J connectivity index is 1.09. The number of allylic oxidation sites excluding steroid dienone is 2. The first-order valence-electron chi connectivity index (χ1n) is 15.6. The molecule has 2 aliphatic rings. The lowest BCUT2D eigenvalue weighted by Gasteiger charge is -2.19. The minimum Gasteiger partial charge on any atom is -0.483 e. The van der Waals surface area contributed by atoms with Crippen molar-refractivity contribution in [3.05, 3.63) is 169 Å². The van der Waals surface area contributed by atoms with Crippen molar-refractivity contribution in [2.24, 2.45) is 0 Å². The molecule has 0 saturated heterocycles. The zero-order valence-electron chi connectivity index (χ0n) is 24.5. The second-order valence-electron chi connectivity index (χ2n) is 12.1. The molecule has 10 rings (SSSR count). The summed E-state index contributed by atoms with van der Waals surface area (Å²) in [4.78, 5) is 0. The van der Waals surface area contributed by atoms with Gasteiger partial charge in [-0.3, -0.25) is 0 Å². The average molecular weight is 577 g/mol. The van der Waals surface area contributed by atoms with Gasteiger partial charge < -0.3 is 13.9 Å². The number of aromatic nitrogens is 2. The lowest BCUT2D eigenvalue weighted by Crippen LogP contribution is -2.17. The quantitative estimate of drug-likeness (QED) is 0.205. The third-order valence-electron chi connectivity index (χ3n) is 9.66. The Morgan fingerprint density at radius 3 is 1.69 bits per heavy atom. The van der Waals surface area contributed by atoms with Crippen molar-refractivity contribution in [2.45, 2.75) is 12.0 Å². The molecule has 8 aromatic rings. The Kier molecular flexibility index (Phi) is 5.11. The fourth-order valence-electron chi connectivity index (χ4n) is 7.69. The highest BCUT2D eigenvalue weighted by Crippen LogP contribution is 2.48. The average Bonchev–Trinajstić information content (AvgIpc) is 3.76. The first-order chi connectivity index (χ1) is 22.3. The molecular formula is C42H28N2O. The Hall–Kier alpha value is -5.80. The predicted molar refractivity (Wildman–Crippen MR) is 186 cm³/mol. The number of ether oxygens (including phenoxy) is 1. The predicted octanol–water partition coefficient (Wildman–Crippen LogP) is 10.4. The largest absolute Gasteiger partial charge is 0.483 e. The Bertz CT molecular complexity index is 2440. The molecule has 3 heteroatoms. The molecule has 6 aromatic carbocycles. The number of hydrogen-bond donors (Lipinski definition) is 0. The molecule has 0 amide bonds. The van der Waals surface area contributed by atoms with Crippen LogP contribution in [0.4, 0.5) is 0 Å². The van der Waals surface area contributed by atoms with Crippen LogP contribution in [-0.2, 0) is 0 Å². The number of para-hydroxylation sites is 5. The van der Waals surface area contributed by atoms with Gasteiger partial charge in [0, 0.05) is 38.7 Å². The van der Waals surface area contributed by atoms with Gasteiger partial charge in [-0.05, 0) is 59.7 Å². The summed E-state index contributed by atoms with van der Waals surface area (Å²) in [6, 6.07) is 50.2. The summed E-state index contributed by atoms with van der Waals surface area (Å²) < 4.78 is 11.5. The van der Waals surface area contributed by atoms with Crippen LogP contribution < -0.4 is 4.74 Å². The molecule has 2 aromatic heterocycles. The van der Waals surface area contributed by atoms with E-state index in [-0.39, 0.29) is 12.0 Å². The van der Waals surface area contributed by atoms with Crippen molar-refractivity contribution in [2.75, 3.05) is 0 Å². The number of fused-ring (bicyclic) bond motifs is 9. The van der Waals surface area contributed by atoms with E-state index in [9.17, 15) is 0 Å². The van der Waals surface area contributed by atoms with Crippen LogP contribution >= 0.6 is 0 Å². The lowest BCUT2D eigenvalue weighted by atomic mass is 9.86. The minimum absolute atomic E-state index is 0.0292. The zero-order valence-corrected chi connectivity index (χ0v) is 24.5. The highest BCUT2D eigenvalue weighted by molar-refractivity contribution is 6.10. The fourth-order valence-corrected chi connectivity index (χ4v) is 7.69. The molecule has 0 bridgehead atoms. The van der Waals surface area contributed by atoms with Gasteiger partial charge in [0.05, 0.1) is 27.8 Å². The summed E-state index contributed by atoms with van der Waals surface area (Å²) in [6.07, 6.45) is 6.84. The van der Waals surface area contributed by atoms with Crippen molar-refractivity contribution < 1.29 is 4.74 Å². The van der Waals surface area contributed by atoms with Crippen LogP contribution in [0.2, 0.25) is 0 Å². The van der Waals surface area contributed by atoms with Crippen LogP contribution in [0.15, 0.2) is 158 Å². The Morgan fingerprint density at radius 2 is 1.07 bits per heavy atom. The van der Waals surface area contributed by atoms with Crippen molar-refractivity contribution in [3.63, 3.8) is 0 Å². The van der Waals surface area contributed by atoms with Gasteiger partial charge in [-0.2, -0.15) is 0 Å². The van der Waals surface area contributed by atoms with Gasteiger partial charge >= 0.3 is 0 Å². The highest BCUT2D eigenvalue weighted by atomic mass is 16.5. The molecule has 1 aliphatic heterocycles. The molecule has 3 heterocycles. The van der Waals surface area contributed by atoms with Crippen molar-refractivity contribution in [3.8, 4) is 17.1 Å². The molecule has 0 radical (unpaired) electrons. The van der Waals surface area contributed by atoms with Crippen LogP contribution in [0, 0.1) is 0 Å². The normalized spacial score (nSPS) is 17.1. The van der Waals surface area contributed by atoms with Crippen LogP contribution in [0.25, 0.3) is 60.6 Å². The fraction of sp³-hybridized carbons (Fsp3) is 0.0476. The van der Waals surface area contributed by atoms with Crippen LogP contribution in [0.1, 0.15) is 17.0 Å². The van der Waals surface area contributed by atoms with E-state index in [1.165, 1.54) is 60.3 Å². The molecule has 2 unspecified atom stereocenters. The van der Waals surface area contributed by atoms with Crippen molar-refractivity contribution >= 4 is 49.2 Å². The van der Waals surface area contributed by atoms with Crippen LogP contribution in [-0.4, -0.2) is 15.2 Å². The van der Waals surface area contributed by atoms with Crippen molar-refractivity contribution in [1.82, 2.24) is 9.13 Å². The molecule has 3 nitrogen and oxygen atoms in total. The smallest absolute Gasteiger partial charge is 0.148 e.